The molecule has 1 aliphatic rings. The van der Waals surface area contributed by atoms with E-state index >= 15 is 0 Å². The number of rotatable bonds is 3. The molecular weight excluding hydrogens is 186 g/mol. The quantitative estimate of drug-likeness (QED) is 0.823. The Hall–Kier alpha value is -0.830. The smallest absolute Gasteiger partial charge is 0.0671 e. The molecule has 1 saturated carbocycles. The molecule has 1 aliphatic carbocycles. The largest absolute Gasteiger partial charge is 0.330 e. The summed E-state index contributed by atoms with van der Waals surface area (Å²) in [7, 11) is 2.01. The molecule has 3 heteroatoms. The summed E-state index contributed by atoms with van der Waals surface area (Å²) in [5.74, 6) is 0.744. The van der Waals surface area contributed by atoms with Gasteiger partial charge in [-0.2, -0.15) is 5.10 Å². The van der Waals surface area contributed by atoms with Gasteiger partial charge >= 0.3 is 0 Å². The molecule has 1 aromatic heterocycles. The highest BCUT2D eigenvalue weighted by molar-refractivity contribution is 5.22. The molecule has 2 N–H and O–H groups in total. The monoisotopic (exact) mass is 207 g/mol. The molecule has 0 amide bonds. The zero-order valence-corrected chi connectivity index (χ0v) is 9.58. The summed E-state index contributed by atoms with van der Waals surface area (Å²) >= 11 is 0. The molecule has 1 heterocycles. The highest BCUT2D eigenvalue weighted by Crippen LogP contribution is 2.34. The SMILES string of the molecule is Cn1cc(C2CCCCC2)c(CCN)n1. The van der Waals surface area contributed by atoms with E-state index in [1.165, 1.54) is 43.4 Å². The third-order valence-electron chi connectivity index (χ3n) is 3.36. The number of aromatic nitrogens is 2. The summed E-state index contributed by atoms with van der Waals surface area (Å²) in [5.41, 5.74) is 8.31. The predicted octanol–water partition coefficient (Wildman–Crippen LogP) is 1.97. The van der Waals surface area contributed by atoms with Crippen molar-refractivity contribution in [1.29, 1.82) is 0 Å². The molecule has 0 radical (unpaired) electrons. The average molecular weight is 207 g/mol. The lowest BCUT2D eigenvalue weighted by Gasteiger charge is -2.21. The standard InChI is InChI=1S/C12H21N3/c1-15-9-11(12(14-15)7-8-13)10-5-3-2-4-6-10/h9-10H,2-8,13H2,1H3. The van der Waals surface area contributed by atoms with Gasteiger partial charge in [0.25, 0.3) is 0 Å². The fourth-order valence-electron chi connectivity index (χ4n) is 2.64. The molecule has 1 aromatic rings. The van der Waals surface area contributed by atoms with Gasteiger partial charge in [0.05, 0.1) is 5.69 Å². The third-order valence-corrected chi connectivity index (χ3v) is 3.36. The van der Waals surface area contributed by atoms with Gasteiger partial charge < -0.3 is 5.73 Å². The van der Waals surface area contributed by atoms with Crippen LogP contribution < -0.4 is 5.73 Å². The van der Waals surface area contributed by atoms with Crippen molar-refractivity contribution in [3.05, 3.63) is 17.5 Å². The zero-order valence-electron chi connectivity index (χ0n) is 9.58. The normalized spacial score (nSPS) is 18.3. The maximum absolute atomic E-state index is 5.62. The van der Waals surface area contributed by atoms with Crippen LogP contribution in [0.25, 0.3) is 0 Å². The van der Waals surface area contributed by atoms with E-state index in [9.17, 15) is 0 Å². The maximum atomic E-state index is 5.62. The minimum atomic E-state index is 0.705. The average Bonchev–Trinajstić information content (AvgIpc) is 2.62. The van der Waals surface area contributed by atoms with Crippen molar-refractivity contribution in [1.82, 2.24) is 9.78 Å². The molecule has 1 fully saturated rings. The molecule has 0 unspecified atom stereocenters. The van der Waals surface area contributed by atoms with Gasteiger partial charge in [-0.3, -0.25) is 4.68 Å². The number of nitrogens with zero attached hydrogens (tertiary/aromatic N) is 2. The van der Waals surface area contributed by atoms with Crippen LogP contribution >= 0.6 is 0 Å². The number of hydrogen-bond acceptors (Lipinski definition) is 2. The van der Waals surface area contributed by atoms with Gasteiger partial charge in [-0.1, -0.05) is 19.3 Å². The fraction of sp³-hybridized carbons (Fsp3) is 0.750. The van der Waals surface area contributed by atoms with Crippen molar-refractivity contribution in [2.75, 3.05) is 6.54 Å². The number of hydrogen-bond donors (Lipinski definition) is 1. The van der Waals surface area contributed by atoms with E-state index in [-0.39, 0.29) is 0 Å². The van der Waals surface area contributed by atoms with Crippen LogP contribution in [-0.4, -0.2) is 16.3 Å². The Morgan fingerprint density at radius 2 is 2.13 bits per heavy atom. The highest BCUT2D eigenvalue weighted by Gasteiger charge is 2.20. The van der Waals surface area contributed by atoms with Crippen LogP contribution in [0.5, 0.6) is 0 Å². The molecule has 0 aliphatic heterocycles. The van der Waals surface area contributed by atoms with E-state index in [1.807, 2.05) is 11.7 Å². The van der Waals surface area contributed by atoms with Crippen LogP contribution in [0.15, 0.2) is 6.20 Å². The van der Waals surface area contributed by atoms with Crippen LogP contribution in [0.2, 0.25) is 0 Å². The van der Waals surface area contributed by atoms with E-state index in [1.54, 1.807) is 0 Å². The van der Waals surface area contributed by atoms with Crippen LogP contribution in [0.1, 0.15) is 49.3 Å². The van der Waals surface area contributed by atoms with E-state index in [4.69, 9.17) is 5.73 Å². The maximum Gasteiger partial charge on any atom is 0.0671 e. The second-order valence-corrected chi connectivity index (χ2v) is 4.58. The Kier molecular flexibility index (Phi) is 3.41. The van der Waals surface area contributed by atoms with Crippen molar-refractivity contribution < 1.29 is 0 Å². The molecule has 2 rings (SSSR count). The molecule has 0 atom stereocenters. The number of aryl methyl sites for hydroxylation is 1. The molecule has 0 aromatic carbocycles. The predicted molar refractivity (Wildman–Crippen MR) is 61.8 cm³/mol. The lowest BCUT2D eigenvalue weighted by atomic mass is 9.84. The first kappa shape index (κ1) is 10.7. The molecular formula is C12H21N3. The molecule has 3 nitrogen and oxygen atoms in total. The summed E-state index contributed by atoms with van der Waals surface area (Å²) in [5, 5.41) is 4.51. The number of nitrogens with two attached hydrogens (primary N) is 1. The molecule has 0 saturated heterocycles. The van der Waals surface area contributed by atoms with E-state index < -0.39 is 0 Å². The Bertz CT molecular complexity index is 311. The van der Waals surface area contributed by atoms with Crippen molar-refractivity contribution >= 4 is 0 Å². The fourth-order valence-corrected chi connectivity index (χ4v) is 2.64. The lowest BCUT2D eigenvalue weighted by Crippen LogP contribution is -2.09. The van der Waals surface area contributed by atoms with Crippen LogP contribution in [0, 0.1) is 0 Å². The minimum Gasteiger partial charge on any atom is -0.330 e. The molecule has 0 bridgehead atoms. The van der Waals surface area contributed by atoms with Crippen LogP contribution in [0.3, 0.4) is 0 Å². The topological polar surface area (TPSA) is 43.8 Å². The summed E-state index contributed by atoms with van der Waals surface area (Å²) in [6, 6.07) is 0. The highest BCUT2D eigenvalue weighted by atomic mass is 15.3. The van der Waals surface area contributed by atoms with Gasteiger partial charge in [0.2, 0.25) is 0 Å². The summed E-state index contributed by atoms with van der Waals surface area (Å²) in [4.78, 5) is 0. The summed E-state index contributed by atoms with van der Waals surface area (Å²) in [6.45, 7) is 0.705. The van der Waals surface area contributed by atoms with Gasteiger partial charge in [-0.05, 0) is 30.9 Å². The Morgan fingerprint density at radius 1 is 1.40 bits per heavy atom. The van der Waals surface area contributed by atoms with Gasteiger partial charge in [-0.15, -0.1) is 0 Å². The van der Waals surface area contributed by atoms with Crippen molar-refractivity contribution in [3.8, 4) is 0 Å². The second-order valence-electron chi connectivity index (χ2n) is 4.58. The first-order valence-electron chi connectivity index (χ1n) is 6.03. The molecule has 0 spiro atoms. The van der Waals surface area contributed by atoms with E-state index in [0.717, 1.165) is 12.3 Å². The Morgan fingerprint density at radius 3 is 2.80 bits per heavy atom. The molecule has 84 valence electrons. The van der Waals surface area contributed by atoms with E-state index in [2.05, 4.69) is 11.3 Å². The van der Waals surface area contributed by atoms with Crippen molar-refractivity contribution in [3.63, 3.8) is 0 Å². The van der Waals surface area contributed by atoms with Gasteiger partial charge in [0, 0.05) is 19.7 Å². The van der Waals surface area contributed by atoms with Gasteiger partial charge in [0.1, 0.15) is 0 Å². The first-order chi connectivity index (χ1) is 7.31. The zero-order chi connectivity index (χ0) is 10.7. The van der Waals surface area contributed by atoms with Gasteiger partial charge in [0.15, 0.2) is 0 Å². The third kappa shape index (κ3) is 2.40. The van der Waals surface area contributed by atoms with Crippen molar-refractivity contribution in [2.24, 2.45) is 12.8 Å². The lowest BCUT2D eigenvalue weighted by molar-refractivity contribution is 0.441. The van der Waals surface area contributed by atoms with Crippen LogP contribution in [-0.2, 0) is 13.5 Å². The van der Waals surface area contributed by atoms with E-state index in [0.29, 0.717) is 6.54 Å². The summed E-state index contributed by atoms with van der Waals surface area (Å²) < 4.78 is 1.94. The second kappa shape index (κ2) is 4.79. The van der Waals surface area contributed by atoms with Crippen LogP contribution in [0.4, 0.5) is 0 Å². The van der Waals surface area contributed by atoms with Crippen molar-refractivity contribution in [2.45, 2.75) is 44.4 Å². The Labute approximate surface area is 91.7 Å². The molecule has 15 heavy (non-hydrogen) atoms. The minimum absolute atomic E-state index is 0.705. The summed E-state index contributed by atoms with van der Waals surface area (Å²) in [6.07, 6.45) is 9.95. The Balaban J connectivity index is 2.17. The first-order valence-corrected chi connectivity index (χ1v) is 6.03. The van der Waals surface area contributed by atoms with Gasteiger partial charge in [-0.25, -0.2) is 0 Å².